The molecule has 5 nitrogen and oxygen atoms in total. The fourth-order valence-corrected chi connectivity index (χ4v) is 1.87. The number of hydroxylamine groups is 1. The maximum absolute atomic E-state index is 10.8. The summed E-state index contributed by atoms with van der Waals surface area (Å²) in [6.45, 7) is 0. The number of rotatable bonds is 4. The Bertz CT molecular complexity index is 617. The van der Waals surface area contributed by atoms with E-state index in [1.807, 2.05) is 48.5 Å². The molecule has 0 aliphatic carbocycles. The van der Waals surface area contributed by atoms with Crippen LogP contribution in [0.4, 0.5) is 11.4 Å². The fourth-order valence-electron chi connectivity index (χ4n) is 1.87. The van der Waals surface area contributed by atoms with E-state index >= 15 is 0 Å². The molecule has 0 saturated carbocycles. The molecule has 0 aliphatic rings. The number of azo groups is 1. The number of hydrogen-bond donors (Lipinski definition) is 0. The largest absolute Gasteiger partial charge is 0.600 e. The molecule has 2 aromatic rings. The minimum Gasteiger partial charge on any atom is -0.600 e. The van der Waals surface area contributed by atoms with Crippen LogP contribution in [-0.4, -0.2) is 19.9 Å². The first-order valence-electron chi connectivity index (χ1n) is 6.27. The van der Waals surface area contributed by atoms with Crippen LogP contribution in [0.15, 0.2) is 63.8 Å². The van der Waals surface area contributed by atoms with Crippen LogP contribution >= 0.6 is 0 Å². The SMILES string of the molecule is BN=Nc1ccc(Cc2ccc(N=[N+](C)[O-])cc2)cc1. The Hall–Kier alpha value is -2.50. The first kappa shape index (κ1) is 13.9. The Balaban J connectivity index is 2.08. The van der Waals surface area contributed by atoms with Crippen molar-refractivity contribution >= 4 is 19.4 Å². The van der Waals surface area contributed by atoms with Gasteiger partial charge in [-0.25, -0.2) is 0 Å². The summed E-state index contributed by atoms with van der Waals surface area (Å²) in [5.41, 5.74) is 3.88. The molecule has 0 aliphatic heterocycles. The molecular weight excluding hydrogens is 251 g/mol. The van der Waals surface area contributed by atoms with E-state index in [1.165, 1.54) is 18.2 Å². The zero-order valence-corrected chi connectivity index (χ0v) is 11.5. The normalized spacial score (nSPS) is 11.9. The van der Waals surface area contributed by atoms with Crippen molar-refractivity contribution in [3.8, 4) is 0 Å². The van der Waals surface area contributed by atoms with E-state index in [-0.39, 0.29) is 0 Å². The van der Waals surface area contributed by atoms with Crippen LogP contribution in [-0.2, 0) is 6.42 Å². The molecule has 0 saturated heterocycles. The van der Waals surface area contributed by atoms with Gasteiger partial charge in [-0.3, -0.25) is 5.03 Å². The van der Waals surface area contributed by atoms with Gasteiger partial charge in [-0.05, 0) is 41.8 Å². The Morgan fingerprint density at radius 3 is 1.90 bits per heavy atom. The molecule has 0 spiro atoms. The topological polar surface area (TPSA) is 63.1 Å². The molecule has 0 unspecified atom stereocenters. The standard InChI is InChI=1S/C14H15BN4O/c1-19(20)17-14-8-4-12(5-9-14)10-11-2-6-13(7-3-11)16-18-15/h2-9H,10,15H2,1H3. The van der Waals surface area contributed by atoms with Crippen LogP contribution in [0.5, 0.6) is 0 Å². The third-order valence-electron chi connectivity index (χ3n) is 2.75. The molecule has 0 N–H and O–H groups in total. The predicted molar refractivity (Wildman–Crippen MR) is 80.4 cm³/mol. The lowest BCUT2D eigenvalue weighted by molar-refractivity contribution is -0.493. The van der Waals surface area contributed by atoms with Crippen LogP contribution in [0.1, 0.15) is 11.1 Å². The molecule has 0 radical (unpaired) electrons. The Morgan fingerprint density at radius 1 is 0.950 bits per heavy atom. The summed E-state index contributed by atoms with van der Waals surface area (Å²) in [4.78, 5) is 0.552. The molecule has 0 atom stereocenters. The average molecular weight is 266 g/mol. The molecule has 2 aromatic carbocycles. The molecule has 20 heavy (non-hydrogen) atoms. The molecular formula is C14H15BN4O. The fraction of sp³-hybridized carbons (Fsp3) is 0.143. The van der Waals surface area contributed by atoms with Crippen LogP contribution in [0.3, 0.4) is 0 Å². The second-order valence-corrected chi connectivity index (χ2v) is 4.37. The highest BCUT2D eigenvalue weighted by Crippen LogP contribution is 2.18. The maximum atomic E-state index is 10.8. The minimum absolute atomic E-state index is 0.552. The molecule has 0 amide bonds. The first-order valence-corrected chi connectivity index (χ1v) is 6.27. The van der Waals surface area contributed by atoms with Crippen LogP contribution in [0.25, 0.3) is 0 Å². The lowest BCUT2D eigenvalue weighted by atomic mass is 10.0. The van der Waals surface area contributed by atoms with Crippen LogP contribution in [0.2, 0.25) is 0 Å². The Morgan fingerprint density at radius 2 is 1.45 bits per heavy atom. The molecule has 0 fully saturated rings. The first-order chi connectivity index (χ1) is 9.67. The quantitative estimate of drug-likeness (QED) is 0.363. The molecule has 0 heterocycles. The number of benzene rings is 2. The van der Waals surface area contributed by atoms with Gasteiger partial charge in [0.15, 0.2) is 7.05 Å². The van der Waals surface area contributed by atoms with Gasteiger partial charge in [0.1, 0.15) is 5.69 Å². The van der Waals surface area contributed by atoms with Crippen molar-refractivity contribution in [2.75, 3.05) is 7.05 Å². The summed E-state index contributed by atoms with van der Waals surface area (Å²) in [6.07, 6.45) is 0.830. The van der Waals surface area contributed by atoms with Gasteiger partial charge in [0.25, 0.3) is 7.98 Å². The van der Waals surface area contributed by atoms with Crippen molar-refractivity contribution in [3.63, 3.8) is 0 Å². The Kier molecular flexibility index (Phi) is 4.60. The van der Waals surface area contributed by atoms with Crippen molar-refractivity contribution < 1.29 is 4.86 Å². The molecule has 100 valence electrons. The van der Waals surface area contributed by atoms with Crippen molar-refractivity contribution in [1.82, 2.24) is 0 Å². The summed E-state index contributed by atoms with van der Waals surface area (Å²) < 4.78 is 0. The Labute approximate surface area is 118 Å². The average Bonchev–Trinajstić information content (AvgIpc) is 2.43. The molecule has 2 rings (SSSR count). The molecule has 0 bridgehead atoms. The second-order valence-electron chi connectivity index (χ2n) is 4.37. The zero-order valence-electron chi connectivity index (χ0n) is 11.5. The van der Waals surface area contributed by atoms with Crippen LogP contribution in [0, 0.1) is 5.21 Å². The van der Waals surface area contributed by atoms with Gasteiger partial charge >= 0.3 is 0 Å². The van der Waals surface area contributed by atoms with Gasteiger partial charge in [-0.1, -0.05) is 29.1 Å². The van der Waals surface area contributed by atoms with Crippen molar-refractivity contribution in [2.24, 2.45) is 15.3 Å². The summed E-state index contributed by atoms with van der Waals surface area (Å²) in [6, 6.07) is 15.6. The van der Waals surface area contributed by atoms with Gasteiger partial charge in [0, 0.05) is 5.11 Å². The monoisotopic (exact) mass is 266 g/mol. The van der Waals surface area contributed by atoms with E-state index in [2.05, 4.69) is 15.3 Å². The van der Waals surface area contributed by atoms with Gasteiger partial charge < -0.3 is 5.21 Å². The van der Waals surface area contributed by atoms with Crippen molar-refractivity contribution in [3.05, 3.63) is 64.9 Å². The smallest absolute Gasteiger partial charge is 0.273 e. The highest BCUT2D eigenvalue weighted by molar-refractivity contribution is 6.04. The molecule has 0 aromatic heterocycles. The predicted octanol–water partition coefficient (Wildman–Crippen LogP) is 3.13. The van der Waals surface area contributed by atoms with Crippen LogP contribution < -0.4 is 0 Å². The van der Waals surface area contributed by atoms with Gasteiger partial charge in [0.2, 0.25) is 0 Å². The van der Waals surface area contributed by atoms with E-state index in [0.29, 0.717) is 10.5 Å². The summed E-state index contributed by atoms with van der Waals surface area (Å²) in [5, 5.41) is 22.3. The number of nitrogens with zero attached hydrogens (tertiary/aromatic N) is 4. The van der Waals surface area contributed by atoms with E-state index in [0.717, 1.165) is 12.1 Å². The second kappa shape index (κ2) is 6.61. The van der Waals surface area contributed by atoms with Crippen molar-refractivity contribution in [2.45, 2.75) is 6.42 Å². The van der Waals surface area contributed by atoms with E-state index in [1.54, 1.807) is 7.98 Å². The summed E-state index contributed by atoms with van der Waals surface area (Å²) >= 11 is 0. The zero-order chi connectivity index (χ0) is 14.4. The van der Waals surface area contributed by atoms with E-state index in [4.69, 9.17) is 0 Å². The maximum Gasteiger partial charge on any atom is 0.273 e. The van der Waals surface area contributed by atoms with E-state index < -0.39 is 0 Å². The van der Waals surface area contributed by atoms with Gasteiger partial charge in [-0.15, -0.1) is 0 Å². The molecule has 6 heteroatoms. The van der Waals surface area contributed by atoms with E-state index in [9.17, 15) is 5.21 Å². The highest BCUT2D eigenvalue weighted by Gasteiger charge is 1.99. The minimum atomic E-state index is 0.552. The third-order valence-corrected chi connectivity index (χ3v) is 2.75. The third kappa shape index (κ3) is 4.01. The lowest BCUT2D eigenvalue weighted by Crippen LogP contribution is -1.88. The van der Waals surface area contributed by atoms with Gasteiger partial charge in [-0.2, -0.15) is 5.11 Å². The summed E-state index contributed by atoms with van der Waals surface area (Å²) in [7, 11) is 3.02. The lowest BCUT2D eigenvalue weighted by Gasteiger charge is -2.02. The highest BCUT2D eigenvalue weighted by atomic mass is 16.5. The number of hydrogen-bond acceptors (Lipinski definition) is 4. The van der Waals surface area contributed by atoms with Crippen molar-refractivity contribution in [1.29, 1.82) is 0 Å². The summed E-state index contributed by atoms with van der Waals surface area (Å²) in [5.74, 6) is 0. The van der Waals surface area contributed by atoms with Gasteiger partial charge in [0.05, 0.1) is 5.69 Å².